The molecule has 0 aliphatic carbocycles. The molecule has 8 heteroatoms. The number of amides is 2. The molecule has 6 nitrogen and oxygen atoms in total. The van der Waals surface area contributed by atoms with Crippen LogP contribution in [0.5, 0.6) is 0 Å². The lowest BCUT2D eigenvalue weighted by Gasteiger charge is -2.07. The van der Waals surface area contributed by atoms with Gasteiger partial charge < -0.3 is 10.6 Å². The quantitative estimate of drug-likeness (QED) is 0.812. The minimum absolute atomic E-state index is 0.242. The van der Waals surface area contributed by atoms with E-state index in [1.54, 1.807) is 19.1 Å². The van der Waals surface area contributed by atoms with Crippen molar-refractivity contribution in [3.8, 4) is 0 Å². The van der Waals surface area contributed by atoms with Crippen LogP contribution >= 0.6 is 11.5 Å². The van der Waals surface area contributed by atoms with E-state index < -0.39 is 5.82 Å². The minimum atomic E-state index is -0.423. The summed E-state index contributed by atoms with van der Waals surface area (Å²) < 4.78 is 16.9. The van der Waals surface area contributed by atoms with E-state index in [0.29, 0.717) is 10.4 Å². The SMILES string of the molecule is Cc1ccc(C(=O)NCCNC(=O)c2cnns2)cc1F. The molecule has 0 bridgehead atoms. The van der Waals surface area contributed by atoms with Crippen molar-refractivity contribution in [3.05, 3.63) is 46.2 Å². The smallest absolute Gasteiger partial charge is 0.264 e. The Kier molecular flexibility index (Phi) is 4.94. The fourth-order valence-electron chi connectivity index (χ4n) is 1.54. The summed E-state index contributed by atoms with van der Waals surface area (Å²) in [4.78, 5) is 23.7. The van der Waals surface area contributed by atoms with Gasteiger partial charge in [-0.25, -0.2) is 4.39 Å². The Morgan fingerprint density at radius 2 is 1.95 bits per heavy atom. The summed E-state index contributed by atoms with van der Waals surface area (Å²) >= 11 is 0.993. The van der Waals surface area contributed by atoms with Crippen LogP contribution in [0.4, 0.5) is 4.39 Å². The number of halogens is 1. The lowest BCUT2D eigenvalue weighted by atomic mass is 10.1. The number of nitrogens with one attached hydrogen (secondary N) is 2. The second kappa shape index (κ2) is 6.89. The van der Waals surface area contributed by atoms with Crippen LogP contribution in [0.15, 0.2) is 24.4 Å². The third-order valence-electron chi connectivity index (χ3n) is 2.72. The Bertz CT molecular complexity index is 646. The van der Waals surface area contributed by atoms with E-state index in [1.165, 1.54) is 12.3 Å². The zero-order chi connectivity index (χ0) is 15.2. The number of rotatable bonds is 5. The molecule has 0 radical (unpaired) electrons. The van der Waals surface area contributed by atoms with E-state index in [4.69, 9.17) is 0 Å². The highest BCUT2D eigenvalue weighted by molar-refractivity contribution is 7.07. The molecule has 0 fully saturated rings. The van der Waals surface area contributed by atoms with E-state index in [9.17, 15) is 14.0 Å². The molecular formula is C13H13FN4O2S. The van der Waals surface area contributed by atoms with Crippen LogP contribution in [0.25, 0.3) is 0 Å². The first-order chi connectivity index (χ1) is 10.1. The molecule has 1 aromatic heterocycles. The van der Waals surface area contributed by atoms with Gasteiger partial charge in [0.15, 0.2) is 0 Å². The van der Waals surface area contributed by atoms with Gasteiger partial charge in [-0.15, -0.1) is 5.10 Å². The number of nitrogens with zero attached hydrogens (tertiary/aromatic N) is 2. The number of carbonyl (C=O) groups is 2. The standard InChI is InChI=1S/C13H13FN4O2S/c1-8-2-3-9(6-10(8)14)12(19)15-4-5-16-13(20)11-7-17-18-21-11/h2-3,6-7H,4-5H2,1H3,(H,15,19)(H,16,20). The van der Waals surface area contributed by atoms with Gasteiger partial charge in [-0.2, -0.15) is 0 Å². The predicted molar refractivity (Wildman–Crippen MR) is 75.7 cm³/mol. The van der Waals surface area contributed by atoms with Crippen LogP contribution in [-0.4, -0.2) is 34.5 Å². The van der Waals surface area contributed by atoms with Gasteiger partial charge in [-0.3, -0.25) is 9.59 Å². The number of aryl methyl sites for hydroxylation is 1. The summed E-state index contributed by atoms with van der Waals surface area (Å²) in [6.45, 7) is 2.13. The molecule has 1 heterocycles. The van der Waals surface area contributed by atoms with Gasteiger partial charge >= 0.3 is 0 Å². The fourth-order valence-corrected chi connectivity index (χ4v) is 1.97. The Morgan fingerprint density at radius 1 is 1.24 bits per heavy atom. The van der Waals surface area contributed by atoms with Crippen molar-refractivity contribution in [2.45, 2.75) is 6.92 Å². The topological polar surface area (TPSA) is 84.0 Å². The summed E-state index contributed by atoms with van der Waals surface area (Å²) in [6.07, 6.45) is 1.37. The number of hydrogen-bond donors (Lipinski definition) is 2. The average Bonchev–Trinajstić information content (AvgIpc) is 3.00. The van der Waals surface area contributed by atoms with E-state index in [-0.39, 0.29) is 30.5 Å². The van der Waals surface area contributed by atoms with Crippen molar-refractivity contribution >= 4 is 23.3 Å². The fraction of sp³-hybridized carbons (Fsp3) is 0.231. The van der Waals surface area contributed by atoms with Crippen LogP contribution in [0.1, 0.15) is 25.6 Å². The largest absolute Gasteiger partial charge is 0.350 e. The third kappa shape index (κ3) is 4.06. The Labute approximate surface area is 124 Å². The highest BCUT2D eigenvalue weighted by Gasteiger charge is 2.09. The lowest BCUT2D eigenvalue weighted by molar-refractivity contribution is 0.0929. The summed E-state index contributed by atoms with van der Waals surface area (Å²) in [5.41, 5.74) is 0.730. The van der Waals surface area contributed by atoms with E-state index in [0.717, 1.165) is 11.5 Å². The molecule has 1 aromatic carbocycles. The first kappa shape index (κ1) is 15.0. The molecule has 2 aromatic rings. The molecule has 0 atom stereocenters. The maximum Gasteiger partial charge on any atom is 0.264 e. The monoisotopic (exact) mass is 308 g/mol. The van der Waals surface area contributed by atoms with Crippen molar-refractivity contribution < 1.29 is 14.0 Å². The number of hydrogen-bond acceptors (Lipinski definition) is 5. The first-order valence-electron chi connectivity index (χ1n) is 6.18. The van der Waals surface area contributed by atoms with Crippen LogP contribution < -0.4 is 10.6 Å². The molecule has 21 heavy (non-hydrogen) atoms. The molecule has 0 saturated carbocycles. The van der Waals surface area contributed by atoms with Crippen LogP contribution in [-0.2, 0) is 0 Å². The van der Waals surface area contributed by atoms with Crippen molar-refractivity contribution in [3.63, 3.8) is 0 Å². The molecular weight excluding hydrogens is 295 g/mol. The molecule has 0 unspecified atom stereocenters. The summed E-state index contributed by atoms with van der Waals surface area (Å²) in [5.74, 6) is -1.10. The minimum Gasteiger partial charge on any atom is -0.350 e. The van der Waals surface area contributed by atoms with Gasteiger partial charge in [0.25, 0.3) is 11.8 Å². The summed E-state index contributed by atoms with van der Waals surface area (Å²) in [5, 5.41) is 8.77. The lowest BCUT2D eigenvalue weighted by Crippen LogP contribution is -2.34. The van der Waals surface area contributed by atoms with Gasteiger partial charge in [0.1, 0.15) is 10.7 Å². The number of carbonyl (C=O) groups excluding carboxylic acids is 2. The van der Waals surface area contributed by atoms with E-state index >= 15 is 0 Å². The Balaban J connectivity index is 1.77. The summed E-state index contributed by atoms with van der Waals surface area (Å²) in [6, 6.07) is 4.28. The highest BCUT2D eigenvalue weighted by atomic mass is 32.1. The van der Waals surface area contributed by atoms with Gasteiger partial charge in [-0.05, 0) is 36.2 Å². The van der Waals surface area contributed by atoms with Crippen LogP contribution in [0.3, 0.4) is 0 Å². The van der Waals surface area contributed by atoms with Crippen LogP contribution in [0.2, 0.25) is 0 Å². The molecule has 2 rings (SSSR count). The molecule has 0 saturated heterocycles. The average molecular weight is 308 g/mol. The zero-order valence-corrected chi connectivity index (χ0v) is 12.0. The second-order valence-corrected chi connectivity index (χ2v) is 5.04. The molecule has 0 aliphatic rings. The predicted octanol–water partition coefficient (Wildman–Crippen LogP) is 1.15. The van der Waals surface area contributed by atoms with Crippen molar-refractivity contribution in [1.82, 2.24) is 20.2 Å². The van der Waals surface area contributed by atoms with Gasteiger partial charge in [-0.1, -0.05) is 10.6 Å². The normalized spacial score (nSPS) is 10.2. The van der Waals surface area contributed by atoms with Crippen molar-refractivity contribution in [2.24, 2.45) is 0 Å². The molecule has 110 valence electrons. The maximum absolute atomic E-state index is 13.3. The molecule has 2 N–H and O–H groups in total. The number of benzene rings is 1. The molecule has 0 spiro atoms. The zero-order valence-electron chi connectivity index (χ0n) is 11.2. The first-order valence-corrected chi connectivity index (χ1v) is 6.95. The van der Waals surface area contributed by atoms with Gasteiger partial charge in [0, 0.05) is 18.7 Å². The van der Waals surface area contributed by atoms with Crippen LogP contribution in [0, 0.1) is 12.7 Å². The summed E-state index contributed by atoms with van der Waals surface area (Å²) in [7, 11) is 0. The second-order valence-electron chi connectivity index (χ2n) is 4.26. The van der Waals surface area contributed by atoms with Gasteiger partial charge in [0.05, 0.1) is 6.20 Å². The van der Waals surface area contributed by atoms with Gasteiger partial charge in [0.2, 0.25) is 0 Å². The maximum atomic E-state index is 13.3. The molecule has 0 aliphatic heterocycles. The Hall–Kier alpha value is -2.35. The van der Waals surface area contributed by atoms with E-state index in [1.807, 2.05) is 0 Å². The highest BCUT2D eigenvalue weighted by Crippen LogP contribution is 2.08. The third-order valence-corrected chi connectivity index (χ3v) is 3.38. The van der Waals surface area contributed by atoms with Crippen molar-refractivity contribution in [1.29, 1.82) is 0 Å². The Morgan fingerprint density at radius 3 is 2.57 bits per heavy atom. The van der Waals surface area contributed by atoms with Crippen molar-refractivity contribution in [2.75, 3.05) is 13.1 Å². The van der Waals surface area contributed by atoms with E-state index in [2.05, 4.69) is 20.2 Å². The molecule has 2 amide bonds. The number of aromatic nitrogens is 2.